The first kappa shape index (κ1) is 13.7. The zero-order chi connectivity index (χ0) is 13.1. The van der Waals surface area contributed by atoms with E-state index in [9.17, 15) is 18.5 Å². The highest BCUT2D eigenvalue weighted by Crippen LogP contribution is 2.23. The first-order valence-electron chi connectivity index (χ1n) is 4.52. The van der Waals surface area contributed by atoms with E-state index in [1.54, 1.807) is 0 Å². The Kier molecular flexibility index (Phi) is 4.24. The predicted molar refractivity (Wildman–Crippen MR) is 64.1 cm³/mol. The topological polar surface area (TPSA) is 102 Å². The van der Waals surface area contributed by atoms with Gasteiger partial charge in [0.15, 0.2) is 0 Å². The summed E-state index contributed by atoms with van der Waals surface area (Å²) < 4.78 is 21.8. The summed E-state index contributed by atoms with van der Waals surface area (Å²) in [5, 5.41) is 13.3. The summed E-state index contributed by atoms with van der Waals surface area (Å²) in [6, 6.07) is 2.50. The van der Waals surface area contributed by atoms with Gasteiger partial charge in [-0.15, -0.1) is 0 Å². The number of nitrogens with zero attached hydrogens (tertiary/aromatic N) is 2. The molecule has 0 aromatic carbocycles. The maximum atomic E-state index is 10.9. The molecule has 17 heavy (non-hydrogen) atoms. The number of anilines is 1. The van der Waals surface area contributed by atoms with Crippen LogP contribution in [0.4, 0.5) is 11.5 Å². The van der Waals surface area contributed by atoms with E-state index in [1.165, 1.54) is 12.1 Å². The van der Waals surface area contributed by atoms with Crippen molar-refractivity contribution in [2.24, 2.45) is 0 Å². The second kappa shape index (κ2) is 5.28. The van der Waals surface area contributed by atoms with E-state index in [0.717, 1.165) is 6.26 Å². The van der Waals surface area contributed by atoms with Gasteiger partial charge in [0.1, 0.15) is 15.0 Å². The molecule has 0 atom stereocenters. The monoisotopic (exact) mass is 279 g/mol. The summed E-state index contributed by atoms with van der Waals surface area (Å²) in [7, 11) is -3.13. The standard InChI is InChI=1S/C8H10ClN3O4S/c1-17(15,16)5-4-10-8-6(12(13)14)2-3-7(9)11-8/h2-3H,4-5H2,1H3,(H,10,11). The number of nitrogens with one attached hydrogen (secondary N) is 1. The Labute approximate surface area is 103 Å². The Hall–Kier alpha value is -1.41. The molecule has 1 aromatic heterocycles. The van der Waals surface area contributed by atoms with E-state index < -0.39 is 14.8 Å². The molecule has 0 aliphatic heterocycles. The highest BCUT2D eigenvalue weighted by molar-refractivity contribution is 7.90. The first-order chi connectivity index (χ1) is 7.79. The number of halogens is 1. The van der Waals surface area contributed by atoms with Crippen LogP contribution >= 0.6 is 11.6 Å². The molecule has 1 aromatic rings. The number of aromatic nitrogens is 1. The number of hydrogen-bond donors (Lipinski definition) is 1. The minimum absolute atomic E-state index is 0.0347. The molecule has 1 heterocycles. The average molecular weight is 280 g/mol. The molecule has 0 aliphatic rings. The number of pyridine rings is 1. The highest BCUT2D eigenvalue weighted by atomic mass is 35.5. The van der Waals surface area contributed by atoms with Crippen molar-refractivity contribution in [2.45, 2.75) is 0 Å². The molecule has 94 valence electrons. The highest BCUT2D eigenvalue weighted by Gasteiger charge is 2.15. The van der Waals surface area contributed by atoms with Crippen LogP contribution in [-0.4, -0.2) is 36.9 Å². The van der Waals surface area contributed by atoms with Crippen LogP contribution in [0.2, 0.25) is 5.15 Å². The van der Waals surface area contributed by atoms with Crippen molar-refractivity contribution in [1.82, 2.24) is 4.98 Å². The van der Waals surface area contributed by atoms with Crippen molar-refractivity contribution in [1.29, 1.82) is 0 Å². The molecule has 0 radical (unpaired) electrons. The zero-order valence-corrected chi connectivity index (χ0v) is 10.5. The lowest BCUT2D eigenvalue weighted by atomic mass is 10.4. The molecule has 0 aliphatic carbocycles. The molecule has 0 amide bonds. The van der Waals surface area contributed by atoms with Crippen molar-refractivity contribution < 1.29 is 13.3 Å². The molecule has 0 spiro atoms. The van der Waals surface area contributed by atoms with E-state index >= 15 is 0 Å². The molecular weight excluding hydrogens is 270 g/mol. The fourth-order valence-electron chi connectivity index (χ4n) is 1.06. The van der Waals surface area contributed by atoms with E-state index in [0.29, 0.717) is 0 Å². The predicted octanol–water partition coefficient (Wildman–Crippen LogP) is 1.10. The summed E-state index contributed by atoms with van der Waals surface area (Å²) in [4.78, 5) is 13.8. The van der Waals surface area contributed by atoms with Crippen LogP contribution in [0.3, 0.4) is 0 Å². The Morgan fingerprint density at radius 3 is 2.71 bits per heavy atom. The maximum Gasteiger partial charge on any atom is 0.311 e. The van der Waals surface area contributed by atoms with Crippen molar-refractivity contribution in [3.05, 3.63) is 27.4 Å². The first-order valence-corrected chi connectivity index (χ1v) is 6.96. The third-order valence-corrected chi connectivity index (χ3v) is 2.96. The van der Waals surface area contributed by atoms with E-state index in [-0.39, 0.29) is 29.0 Å². The summed E-state index contributed by atoms with van der Waals surface area (Å²) in [5.41, 5.74) is -0.247. The Balaban J connectivity index is 2.82. The Morgan fingerprint density at radius 1 is 1.53 bits per heavy atom. The molecule has 0 unspecified atom stereocenters. The van der Waals surface area contributed by atoms with Crippen molar-refractivity contribution in [3.63, 3.8) is 0 Å². The van der Waals surface area contributed by atoms with Gasteiger partial charge in [0, 0.05) is 18.9 Å². The molecule has 1 N–H and O–H groups in total. The van der Waals surface area contributed by atoms with Gasteiger partial charge in [0.2, 0.25) is 5.82 Å². The summed E-state index contributed by atoms with van der Waals surface area (Å²) in [5.74, 6) is -0.177. The average Bonchev–Trinajstić information content (AvgIpc) is 2.15. The van der Waals surface area contributed by atoms with E-state index in [2.05, 4.69) is 10.3 Å². The normalized spacial score (nSPS) is 11.2. The van der Waals surface area contributed by atoms with Crippen molar-refractivity contribution in [2.75, 3.05) is 23.9 Å². The number of rotatable bonds is 5. The minimum Gasteiger partial charge on any atom is -0.363 e. The maximum absolute atomic E-state index is 10.9. The fourth-order valence-corrected chi connectivity index (χ4v) is 1.68. The molecule has 1 rings (SSSR count). The van der Waals surface area contributed by atoms with Gasteiger partial charge >= 0.3 is 5.69 Å². The van der Waals surface area contributed by atoms with Gasteiger partial charge in [-0.3, -0.25) is 10.1 Å². The molecule has 0 bridgehead atoms. The molecule has 0 fully saturated rings. The van der Waals surface area contributed by atoms with Crippen LogP contribution in [0.15, 0.2) is 12.1 Å². The summed E-state index contributed by atoms with van der Waals surface area (Å²) in [6.07, 6.45) is 1.08. The second-order valence-electron chi connectivity index (χ2n) is 3.32. The molecule has 0 saturated heterocycles. The number of hydrogen-bond acceptors (Lipinski definition) is 6. The van der Waals surface area contributed by atoms with Gasteiger partial charge in [0.25, 0.3) is 0 Å². The van der Waals surface area contributed by atoms with E-state index in [4.69, 9.17) is 11.6 Å². The van der Waals surface area contributed by atoms with Crippen LogP contribution in [0.5, 0.6) is 0 Å². The van der Waals surface area contributed by atoms with Crippen LogP contribution in [0, 0.1) is 10.1 Å². The second-order valence-corrected chi connectivity index (χ2v) is 5.96. The fraction of sp³-hybridized carbons (Fsp3) is 0.375. The van der Waals surface area contributed by atoms with Gasteiger partial charge < -0.3 is 5.32 Å². The Morgan fingerprint density at radius 2 is 2.18 bits per heavy atom. The third-order valence-electron chi connectivity index (χ3n) is 1.80. The van der Waals surface area contributed by atoms with Crippen LogP contribution < -0.4 is 5.32 Å². The van der Waals surface area contributed by atoms with Gasteiger partial charge in [-0.2, -0.15) is 0 Å². The third kappa shape index (κ3) is 4.53. The van der Waals surface area contributed by atoms with Crippen molar-refractivity contribution >= 4 is 32.9 Å². The lowest BCUT2D eigenvalue weighted by Crippen LogP contribution is -2.15. The van der Waals surface area contributed by atoms with Gasteiger partial charge in [0.05, 0.1) is 10.7 Å². The minimum atomic E-state index is -3.13. The SMILES string of the molecule is CS(=O)(=O)CCNc1nc(Cl)ccc1[N+](=O)[O-]. The van der Waals surface area contributed by atoms with Crippen LogP contribution in [-0.2, 0) is 9.84 Å². The smallest absolute Gasteiger partial charge is 0.311 e. The number of nitro groups is 1. The summed E-state index contributed by atoms with van der Waals surface area (Å²) >= 11 is 5.60. The van der Waals surface area contributed by atoms with Crippen LogP contribution in [0.25, 0.3) is 0 Å². The van der Waals surface area contributed by atoms with Gasteiger partial charge in [-0.05, 0) is 6.07 Å². The summed E-state index contributed by atoms with van der Waals surface area (Å²) in [6.45, 7) is 0.0347. The lowest BCUT2D eigenvalue weighted by molar-refractivity contribution is -0.384. The molecule has 9 heteroatoms. The molecule has 7 nitrogen and oxygen atoms in total. The lowest BCUT2D eigenvalue weighted by Gasteiger charge is -2.05. The zero-order valence-electron chi connectivity index (χ0n) is 8.88. The largest absolute Gasteiger partial charge is 0.363 e. The van der Waals surface area contributed by atoms with Crippen molar-refractivity contribution in [3.8, 4) is 0 Å². The quantitative estimate of drug-likeness (QED) is 0.492. The van der Waals surface area contributed by atoms with E-state index in [1.807, 2.05) is 0 Å². The molecular formula is C8H10ClN3O4S. The van der Waals surface area contributed by atoms with Gasteiger partial charge in [-0.1, -0.05) is 11.6 Å². The number of sulfone groups is 1. The molecule has 0 saturated carbocycles. The van der Waals surface area contributed by atoms with Crippen LogP contribution in [0.1, 0.15) is 0 Å². The Bertz CT molecular complexity index is 532. The van der Waals surface area contributed by atoms with Gasteiger partial charge in [-0.25, -0.2) is 13.4 Å².